The summed E-state index contributed by atoms with van der Waals surface area (Å²) in [6.45, 7) is 7.89. The number of carbonyl (C=O) groups is 1. The number of unbranched alkanes of at least 4 members (excludes halogenated alkanes) is 11. The number of aliphatic hydroxyl groups excluding tert-OH is 2. The molecule has 5 aromatic rings. The fourth-order valence-electron chi connectivity index (χ4n) is 12.7. The molecule has 0 bridgehead atoms. The summed E-state index contributed by atoms with van der Waals surface area (Å²) in [6.07, 6.45) is 22.5. The molecule has 77 heavy (non-hydrogen) atoms. The topological polar surface area (TPSA) is 129 Å². The summed E-state index contributed by atoms with van der Waals surface area (Å²) in [7, 11) is 0. The van der Waals surface area contributed by atoms with E-state index in [9.17, 15) is 10.2 Å². The number of allylic oxidation sites excluding steroid dienone is 1. The summed E-state index contributed by atoms with van der Waals surface area (Å²) in [5.74, 6) is -0.0397. The Hall–Kier alpha value is -5.72. The molecule has 2 aliphatic heterocycles. The van der Waals surface area contributed by atoms with Crippen LogP contribution in [0.5, 0.6) is 17.2 Å². The molecule has 7 unspecified atom stereocenters. The Morgan fingerprint density at radius 1 is 0.779 bits per heavy atom. The zero-order valence-electron chi connectivity index (χ0n) is 45.7. The van der Waals surface area contributed by atoms with Crippen molar-refractivity contribution in [2.24, 2.45) is 22.9 Å². The van der Waals surface area contributed by atoms with Crippen molar-refractivity contribution in [3.63, 3.8) is 0 Å². The summed E-state index contributed by atoms with van der Waals surface area (Å²) in [5.41, 5.74) is 3.65. The van der Waals surface area contributed by atoms with Crippen LogP contribution in [0.1, 0.15) is 152 Å². The van der Waals surface area contributed by atoms with Crippen LogP contribution in [0.3, 0.4) is 0 Å². The molecule has 0 spiro atoms. The first kappa shape index (κ1) is 56.0. The molecular formula is C66H84N2O9. The highest BCUT2D eigenvalue weighted by Gasteiger charge is 2.66. The van der Waals surface area contributed by atoms with Gasteiger partial charge in [-0.05, 0) is 120 Å². The number of rotatable bonds is 29. The monoisotopic (exact) mass is 1050 g/mol. The molecule has 2 N–H and O–H groups in total. The van der Waals surface area contributed by atoms with Gasteiger partial charge in [-0.1, -0.05) is 168 Å². The van der Waals surface area contributed by atoms with Crippen LogP contribution in [0.25, 0.3) is 21.5 Å². The van der Waals surface area contributed by atoms with Crippen molar-refractivity contribution in [3.8, 4) is 17.2 Å². The first-order chi connectivity index (χ1) is 37.9. The number of hydrogen-bond acceptors (Lipinski definition) is 10. The van der Waals surface area contributed by atoms with Crippen molar-refractivity contribution in [2.45, 2.75) is 166 Å². The summed E-state index contributed by atoms with van der Waals surface area (Å²) in [4.78, 5) is 23.8. The lowest BCUT2D eigenvalue weighted by atomic mass is 9.55. The second kappa shape index (κ2) is 28.2. The SMILES string of the molecule is C=CCOC12Oc3ccc(Oc4ccc5ccccc5c4)cc3C3C(CCCCO)C(CCCCO)C=C(C(=NOC4CCCCO4)CC1N(Cc1cccc4ccccc14)C(=O)OCCCCCCCCCCCC)C32. The normalized spacial score (nSPS) is 23.2. The highest BCUT2D eigenvalue weighted by molar-refractivity contribution is 6.03. The molecule has 11 heteroatoms. The van der Waals surface area contributed by atoms with Gasteiger partial charge in [0.15, 0.2) is 0 Å². The van der Waals surface area contributed by atoms with Crippen molar-refractivity contribution < 1.29 is 43.5 Å². The maximum atomic E-state index is 15.5. The lowest BCUT2D eigenvalue weighted by Gasteiger charge is -2.60. The van der Waals surface area contributed by atoms with Crippen LogP contribution in [-0.4, -0.2) is 78.1 Å². The molecule has 4 aliphatic rings. The van der Waals surface area contributed by atoms with Gasteiger partial charge in [-0.3, -0.25) is 4.90 Å². The molecule has 2 heterocycles. The largest absolute Gasteiger partial charge is 0.459 e. The second-order valence-electron chi connectivity index (χ2n) is 21.8. The van der Waals surface area contributed by atoms with Crippen LogP contribution in [0, 0.1) is 17.8 Å². The molecule has 2 fully saturated rings. The number of amides is 1. The molecule has 5 aromatic carbocycles. The van der Waals surface area contributed by atoms with Crippen molar-refractivity contribution in [2.75, 3.05) is 33.0 Å². The summed E-state index contributed by atoms with van der Waals surface area (Å²) in [6, 6.07) is 34.3. The number of nitrogens with zero attached hydrogens (tertiary/aromatic N) is 2. The Bertz CT molecular complexity index is 2740. The highest BCUT2D eigenvalue weighted by Crippen LogP contribution is 2.62. The smallest absolute Gasteiger partial charge is 0.410 e. The molecule has 412 valence electrons. The van der Waals surface area contributed by atoms with Gasteiger partial charge in [0.2, 0.25) is 12.1 Å². The number of fused-ring (bicyclic) bond motifs is 4. The number of benzene rings is 5. The van der Waals surface area contributed by atoms with E-state index in [1.165, 1.54) is 44.9 Å². The zero-order valence-corrected chi connectivity index (χ0v) is 45.7. The quantitative estimate of drug-likeness (QED) is 0.0273. The average Bonchev–Trinajstić information content (AvgIpc) is 3.63. The predicted octanol–water partition coefficient (Wildman–Crippen LogP) is 15.5. The Morgan fingerprint density at radius 3 is 2.26 bits per heavy atom. The van der Waals surface area contributed by atoms with E-state index in [4.69, 9.17) is 33.7 Å². The molecule has 1 saturated carbocycles. The van der Waals surface area contributed by atoms with E-state index < -0.39 is 30.1 Å². The minimum atomic E-state index is -1.47. The van der Waals surface area contributed by atoms with Gasteiger partial charge >= 0.3 is 6.09 Å². The van der Waals surface area contributed by atoms with Gasteiger partial charge in [0, 0.05) is 37.5 Å². The van der Waals surface area contributed by atoms with Crippen molar-refractivity contribution in [1.29, 1.82) is 0 Å². The summed E-state index contributed by atoms with van der Waals surface area (Å²) >= 11 is 0. The number of ether oxygens (including phenoxy) is 5. The zero-order chi connectivity index (χ0) is 53.2. The average molecular weight is 1050 g/mol. The summed E-state index contributed by atoms with van der Waals surface area (Å²) < 4.78 is 34.3. The minimum Gasteiger partial charge on any atom is -0.459 e. The Balaban J connectivity index is 1.16. The third kappa shape index (κ3) is 13.8. The third-order valence-electron chi connectivity index (χ3n) is 16.6. The molecule has 7 atom stereocenters. The van der Waals surface area contributed by atoms with E-state index in [-0.39, 0.29) is 50.5 Å². The predicted molar refractivity (Wildman–Crippen MR) is 306 cm³/mol. The fraction of sp³-hybridized carbons (Fsp3) is 0.515. The minimum absolute atomic E-state index is 0.0386. The highest BCUT2D eigenvalue weighted by atomic mass is 16.8. The van der Waals surface area contributed by atoms with Crippen LogP contribution in [0.2, 0.25) is 0 Å². The first-order valence-electron chi connectivity index (χ1n) is 29.4. The van der Waals surface area contributed by atoms with Crippen molar-refractivity contribution >= 4 is 33.3 Å². The molecule has 1 saturated heterocycles. The van der Waals surface area contributed by atoms with Gasteiger partial charge in [-0.15, -0.1) is 6.58 Å². The van der Waals surface area contributed by atoms with E-state index in [2.05, 4.69) is 80.2 Å². The first-order valence-corrected chi connectivity index (χ1v) is 29.4. The van der Waals surface area contributed by atoms with Crippen LogP contribution in [-0.2, 0) is 25.6 Å². The van der Waals surface area contributed by atoms with Crippen LogP contribution in [0.15, 0.2) is 133 Å². The van der Waals surface area contributed by atoms with E-state index >= 15 is 4.79 Å². The van der Waals surface area contributed by atoms with Gasteiger partial charge in [0.25, 0.3) is 0 Å². The van der Waals surface area contributed by atoms with E-state index in [0.717, 1.165) is 114 Å². The number of aliphatic hydroxyl groups is 2. The standard InChI is InChI=1S/C66H84N2O9/c1-3-5-6-7-8-9-10-11-12-22-42-73-65(71)68(47-52-30-24-29-49-26-15-16-31-55(49)52)61-46-59(67-77-62-33-19-23-41-72-62)57-44-51(28-17-20-38-69)56(32-18-21-39-70)63-58-45-54(75-53-35-34-48-25-13-14-27-50(48)43-53)36-37-60(58)76-66(61,64(57)63)74-40-4-2/h4,13-16,24-27,29-31,34-37,43-45,51,56,61-64,69-70H,2-3,5-12,17-23,28,32-33,38-42,46-47H2,1H3. The van der Waals surface area contributed by atoms with E-state index in [0.29, 0.717) is 37.6 Å². The molecule has 9 rings (SSSR count). The summed E-state index contributed by atoms with van der Waals surface area (Å²) in [5, 5.41) is 29.8. The van der Waals surface area contributed by atoms with E-state index in [1.807, 2.05) is 47.4 Å². The van der Waals surface area contributed by atoms with Gasteiger partial charge in [-0.25, -0.2) is 4.79 Å². The second-order valence-corrected chi connectivity index (χ2v) is 21.8. The lowest BCUT2D eigenvalue weighted by molar-refractivity contribution is -0.256. The van der Waals surface area contributed by atoms with Crippen LogP contribution >= 0.6 is 0 Å². The molecule has 0 radical (unpaired) electrons. The molecule has 0 aromatic heterocycles. The van der Waals surface area contributed by atoms with E-state index in [1.54, 1.807) is 6.08 Å². The van der Waals surface area contributed by atoms with Gasteiger partial charge in [0.05, 0.1) is 38.0 Å². The number of carbonyl (C=O) groups excluding carboxylic acids is 1. The number of hydrogen-bond donors (Lipinski definition) is 2. The van der Waals surface area contributed by atoms with Crippen molar-refractivity contribution in [1.82, 2.24) is 4.90 Å². The maximum Gasteiger partial charge on any atom is 0.410 e. The third-order valence-corrected chi connectivity index (χ3v) is 16.6. The number of oxime groups is 1. The molecule has 1 amide bonds. The van der Waals surface area contributed by atoms with Gasteiger partial charge in [0.1, 0.15) is 23.3 Å². The maximum absolute atomic E-state index is 15.5. The van der Waals surface area contributed by atoms with Crippen LogP contribution in [0.4, 0.5) is 4.79 Å². The molecule has 11 nitrogen and oxygen atoms in total. The molecule has 2 aliphatic carbocycles. The van der Waals surface area contributed by atoms with Gasteiger partial charge in [-0.2, -0.15) is 0 Å². The van der Waals surface area contributed by atoms with Crippen molar-refractivity contribution in [3.05, 3.63) is 139 Å². The Labute approximate surface area is 457 Å². The van der Waals surface area contributed by atoms with Crippen LogP contribution < -0.4 is 9.47 Å². The van der Waals surface area contributed by atoms with Gasteiger partial charge < -0.3 is 38.7 Å². The Morgan fingerprint density at radius 2 is 1.49 bits per heavy atom. The fourth-order valence-corrected chi connectivity index (χ4v) is 12.7. The molecular weight excluding hydrogens is 965 g/mol. The lowest BCUT2D eigenvalue weighted by Crippen LogP contribution is -2.70. The Kier molecular flexibility index (Phi) is 20.5.